The second kappa shape index (κ2) is 10.9. The molecular weight excluding hydrogens is 516 g/mol. The van der Waals surface area contributed by atoms with Crippen molar-refractivity contribution >= 4 is 46.7 Å². The molecule has 2 atom stereocenters. The summed E-state index contributed by atoms with van der Waals surface area (Å²) in [6.07, 6.45) is 0.405. The van der Waals surface area contributed by atoms with Crippen LogP contribution in [0.3, 0.4) is 0 Å². The van der Waals surface area contributed by atoms with E-state index in [2.05, 4.69) is 0 Å². The van der Waals surface area contributed by atoms with Crippen molar-refractivity contribution in [2.45, 2.75) is 25.0 Å². The van der Waals surface area contributed by atoms with Crippen LogP contribution >= 0.6 is 34.8 Å². The number of carbonyl (C=O) groups excluding carboxylic acids is 2. The molecule has 0 saturated carbocycles. The summed E-state index contributed by atoms with van der Waals surface area (Å²) >= 11 is 18.5. The Morgan fingerprint density at radius 3 is 2.37 bits per heavy atom. The van der Waals surface area contributed by atoms with Crippen molar-refractivity contribution in [2.75, 3.05) is 13.7 Å². The second-order valence-corrected chi connectivity index (χ2v) is 9.32. The first-order valence-electron chi connectivity index (χ1n) is 10.8. The molecule has 35 heavy (non-hydrogen) atoms. The highest BCUT2D eigenvalue weighted by Gasteiger charge is 2.35. The molecule has 182 valence electrons. The van der Waals surface area contributed by atoms with Gasteiger partial charge in [-0.05, 0) is 60.9 Å². The van der Waals surface area contributed by atoms with Crippen molar-refractivity contribution < 1.29 is 23.5 Å². The SMILES string of the molecule is COC(=O)[C@@H]1CCCN1C(=O)c1ccc(OC(c2ccc(Cl)cc2)c2ccc(Cl)cc2Cl)c(F)c1. The lowest BCUT2D eigenvalue weighted by Crippen LogP contribution is -2.41. The van der Waals surface area contributed by atoms with Crippen LogP contribution in [-0.4, -0.2) is 36.5 Å². The molecule has 3 aromatic rings. The van der Waals surface area contributed by atoms with E-state index in [1.807, 2.05) is 0 Å². The molecule has 1 fully saturated rings. The van der Waals surface area contributed by atoms with E-state index in [-0.39, 0.29) is 11.3 Å². The number of benzene rings is 3. The van der Waals surface area contributed by atoms with Crippen LogP contribution in [0.5, 0.6) is 5.75 Å². The number of rotatable bonds is 6. The highest BCUT2D eigenvalue weighted by Crippen LogP contribution is 2.36. The van der Waals surface area contributed by atoms with Gasteiger partial charge in [0.2, 0.25) is 0 Å². The Labute approximate surface area is 217 Å². The molecule has 1 amide bonds. The van der Waals surface area contributed by atoms with Gasteiger partial charge in [0.15, 0.2) is 17.7 Å². The second-order valence-electron chi connectivity index (χ2n) is 8.04. The first-order valence-corrected chi connectivity index (χ1v) is 12.0. The molecule has 1 aliphatic heterocycles. The number of carbonyl (C=O) groups is 2. The van der Waals surface area contributed by atoms with E-state index in [0.29, 0.717) is 45.6 Å². The van der Waals surface area contributed by atoms with Crippen molar-refractivity contribution in [3.63, 3.8) is 0 Å². The number of ether oxygens (including phenoxy) is 2. The Morgan fingerprint density at radius 1 is 1.00 bits per heavy atom. The van der Waals surface area contributed by atoms with Gasteiger partial charge in [-0.3, -0.25) is 4.79 Å². The third-order valence-corrected chi connectivity index (χ3v) is 6.64. The fourth-order valence-corrected chi connectivity index (χ4v) is 4.71. The van der Waals surface area contributed by atoms with E-state index in [9.17, 15) is 9.59 Å². The number of methoxy groups -OCH3 is 1. The Morgan fingerprint density at radius 2 is 1.71 bits per heavy atom. The Bertz CT molecular complexity index is 1250. The smallest absolute Gasteiger partial charge is 0.328 e. The van der Waals surface area contributed by atoms with Crippen LogP contribution in [0.15, 0.2) is 60.7 Å². The quantitative estimate of drug-likeness (QED) is 0.328. The highest BCUT2D eigenvalue weighted by molar-refractivity contribution is 6.35. The minimum Gasteiger partial charge on any atom is -0.478 e. The van der Waals surface area contributed by atoms with Crippen LogP contribution in [0.2, 0.25) is 15.1 Å². The molecule has 3 aromatic carbocycles. The molecular formula is C26H21Cl3FNO4. The lowest BCUT2D eigenvalue weighted by molar-refractivity contribution is -0.145. The normalized spacial score (nSPS) is 16.1. The summed E-state index contributed by atoms with van der Waals surface area (Å²) in [6.45, 7) is 0.395. The third kappa shape index (κ3) is 5.56. The average molecular weight is 537 g/mol. The molecule has 0 aliphatic carbocycles. The lowest BCUT2D eigenvalue weighted by Gasteiger charge is -2.24. The molecule has 0 aromatic heterocycles. The van der Waals surface area contributed by atoms with Crippen molar-refractivity contribution in [3.05, 3.63) is 98.2 Å². The average Bonchev–Trinajstić information content (AvgIpc) is 3.33. The molecule has 1 saturated heterocycles. The zero-order valence-electron chi connectivity index (χ0n) is 18.6. The molecule has 0 radical (unpaired) electrons. The predicted molar refractivity (Wildman–Crippen MR) is 133 cm³/mol. The summed E-state index contributed by atoms with van der Waals surface area (Å²) in [4.78, 5) is 26.4. The number of likely N-dealkylation sites (tertiary alicyclic amines) is 1. The Kier molecular flexibility index (Phi) is 7.85. The van der Waals surface area contributed by atoms with Crippen LogP contribution in [0.1, 0.15) is 40.4 Å². The van der Waals surface area contributed by atoms with E-state index < -0.39 is 29.8 Å². The number of esters is 1. The van der Waals surface area contributed by atoms with Gasteiger partial charge >= 0.3 is 5.97 Å². The molecule has 1 aliphatic rings. The van der Waals surface area contributed by atoms with E-state index in [0.717, 1.165) is 6.07 Å². The summed E-state index contributed by atoms with van der Waals surface area (Å²) in [5.74, 6) is -1.73. The van der Waals surface area contributed by atoms with Gasteiger partial charge < -0.3 is 14.4 Å². The first-order chi connectivity index (χ1) is 16.8. The van der Waals surface area contributed by atoms with Crippen LogP contribution in [0.4, 0.5) is 4.39 Å². The Balaban J connectivity index is 1.63. The summed E-state index contributed by atoms with van der Waals surface area (Å²) in [5.41, 5.74) is 1.38. The van der Waals surface area contributed by atoms with Gasteiger partial charge in [0.25, 0.3) is 5.91 Å². The topological polar surface area (TPSA) is 55.8 Å². The molecule has 5 nitrogen and oxygen atoms in total. The number of nitrogens with zero attached hydrogens (tertiary/aromatic N) is 1. The zero-order chi connectivity index (χ0) is 25.1. The number of hydrogen-bond donors (Lipinski definition) is 0. The van der Waals surface area contributed by atoms with Crippen molar-refractivity contribution in [1.82, 2.24) is 4.90 Å². The largest absolute Gasteiger partial charge is 0.478 e. The van der Waals surface area contributed by atoms with Crippen LogP contribution in [0.25, 0.3) is 0 Å². The van der Waals surface area contributed by atoms with Crippen molar-refractivity contribution in [1.29, 1.82) is 0 Å². The molecule has 9 heteroatoms. The molecule has 1 heterocycles. The van der Waals surface area contributed by atoms with E-state index >= 15 is 4.39 Å². The lowest BCUT2D eigenvalue weighted by atomic mass is 10.0. The Hall–Kier alpha value is -2.80. The van der Waals surface area contributed by atoms with Gasteiger partial charge in [-0.25, -0.2) is 9.18 Å². The van der Waals surface area contributed by atoms with Gasteiger partial charge in [0, 0.05) is 32.7 Å². The maximum absolute atomic E-state index is 15.2. The predicted octanol–water partition coefficient (Wildman–Crippen LogP) is 6.73. The minimum absolute atomic E-state index is 0.0709. The van der Waals surface area contributed by atoms with E-state index in [1.54, 1.807) is 42.5 Å². The van der Waals surface area contributed by atoms with Gasteiger partial charge in [0.05, 0.1) is 7.11 Å². The van der Waals surface area contributed by atoms with Crippen molar-refractivity contribution in [3.8, 4) is 5.75 Å². The maximum atomic E-state index is 15.2. The molecule has 0 spiro atoms. The summed E-state index contributed by atoms with van der Waals surface area (Å²) in [7, 11) is 1.28. The number of halogens is 4. The summed E-state index contributed by atoms with van der Waals surface area (Å²) < 4.78 is 26.0. The maximum Gasteiger partial charge on any atom is 0.328 e. The molecule has 1 unspecified atom stereocenters. The van der Waals surface area contributed by atoms with E-state index in [4.69, 9.17) is 44.3 Å². The molecule has 4 rings (SSSR count). The molecule has 0 N–H and O–H groups in total. The fourth-order valence-electron chi connectivity index (χ4n) is 4.08. The number of amides is 1. The van der Waals surface area contributed by atoms with Gasteiger partial charge in [-0.1, -0.05) is 53.0 Å². The van der Waals surface area contributed by atoms with Crippen LogP contribution in [0, 0.1) is 5.82 Å². The van der Waals surface area contributed by atoms with Gasteiger partial charge in [-0.15, -0.1) is 0 Å². The van der Waals surface area contributed by atoms with Crippen molar-refractivity contribution in [2.24, 2.45) is 0 Å². The monoisotopic (exact) mass is 535 g/mol. The third-order valence-electron chi connectivity index (χ3n) is 5.83. The van der Waals surface area contributed by atoms with Gasteiger partial charge in [-0.2, -0.15) is 0 Å². The first kappa shape index (κ1) is 25.3. The highest BCUT2D eigenvalue weighted by atomic mass is 35.5. The fraction of sp³-hybridized carbons (Fsp3) is 0.231. The number of hydrogen-bond acceptors (Lipinski definition) is 4. The molecule has 0 bridgehead atoms. The standard InChI is InChI=1S/C26H21Cl3FNO4/c1-34-26(33)22-3-2-12-31(22)25(32)16-6-11-23(21(30)13-16)35-24(15-4-7-17(27)8-5-15)19-10-9-18(28)14-20(19)29/h4-11,13-14,22,24H,2-3,12H2,1H3/t22-,24?/m0/s1. The zero-order valence-corrected chi connectivity index (χ0v) is 20.9. The van der Waals surface area contributed by atoms with E-state index in [1.165, 1.54) is 24.1 Å². The van der Waals surface area contributed by atoms with Crippen LogP contribution in [-0.2, 0) is 9.53 Å². The summed E-state index contributed by atoms with van der Waals surface area (Å²) in [6, 6.07) is 15.2. The van der Waals surface area contributed by atoms with Crippen LogP contribution < -0.4 is 4.74 Å². The minimum atomic E-state index is -0.768. The summed E-state index contributed by atoms with van der Waals surface area (Å²) in [5, 5.41) is 1.35. The van der Waals surface area contributed by atoms with Gasteiger partial charge in [0.1, 0.15) is 6.04 Å².